The van der Waals surface area contributed by atoms with E-state index < -0.39 is 114 Å². The fourth-order valence-corrected chi connectivity index (χ4v) is 17.5. The minimum absolute atomic E-state index is 0.0176. The Kier molecular flexibility index (Phi) is 22.7. The van der Waals surface area contributed by atoms with Crippen LogP contribution in [0.2, 0.25) is 0 Å². The maximum atomic E-state index is 15.8. The molecular weight excluding hydrogens is 1520 g/mol. The van der Waals surface area contributed by atoms with Gasteiger partial charge in [-0.2, -0.15) is 0 Å². The van der Waals surface area contributed by atoms with Crippen molar-refractivity contribution in [3.05, 3.63) is 219 Å². The molecule has 0 spiro atoms. The number of aryl methyl sites for hydroxylation is 1. The van der Waals surface area contributed by atoms with E-state index in [1.54, 1.807) is 31.3 Å². The fourth-order valence-electron chi connectivity index (χ4n) is 10.5. The lowest BCUT2D eigenvalue weighted by Gasteiger charge is -2.19. The van der Waals surface area contributed by atoms with E-state index >= 15 is 13.2 Å². The quantitative estimate of drug-likeness (QED) is 0.0561. The molecule has 12 aromatic rings. The zero-order valence-electron chi connectivity index (χ0n) is 57.2. The van der Waals surface area contributed by atoms with Crippen molar-refractivity contribution >= 4 is 93.0 Å². The van der Waals surface area contributed by atoms with Crippen LogP contribution >= 0.6 is 34.0 Å². The van der Waals surface area contributed by atoms with Gasteiger partial charge in [-0.1, -0.05) is 71.9 Å². The summed E-state index contributed by atoms with van der Waals surface area (Å²) in [7, 11) is -14.2. The third kappa shape index (κ3) is 17.4. The number of hydrogen-bond donors (Lipinski definition) is 5. The van der Waals surface area contributed by atoms with Crippen LogP contribution < -0.4 is 25.6 Å². The van der Waals surface area contributed by atoms with Crippen LogP contribution in [0.3, 0.4) is 0 Å². The first-order valence-electron chi connectivity index (χ1n) is 31.9. The summed E-state index contributed by atoms with van der Waals surface area (Å²) in [6.45, 7) is 14.6. The molecule has 13 rings (SSSR count). The molecule has 0 bridgehead atoms. The van der Waals surface area contributed by atoms with Gasteiger partial charge < -0.3 is 16.2 Å². The van der Waals surface area contributed by atoms with Crippen LogP contribution in [0.15, 0.2) is 161 Å². The highest BCUT2D eigenvalue weighted by Gasteiger charge is 2.33. The molecule has 0 saturated carbocycles. The molecule has 0 unspecified atom stereocenters. The predicted molar refractivity (Wildman–Crippen MR) is 391 cm³/mol. The van der Waals surface area contributed by atoms with Gasteiger partial charge >= 0.3 is 0 Å². The lowest BCUT2D eigenvalue weighted by molar-refractivity contribution is 0.0853. The summed E-state index contributed by atoms with van der Waals surface area (Å²) in [6, 6.07) is 24.3. The molecule has 1 aliphatic rings. The molecule has 6 aromatic carbocycles. The number of benzene rings is 6. The minimum atomic E-state index is -4.78. The van der Waals surface area contributed by atoms with Crippen molar-refractivity contribution < 1.29 is 69.5 Å². The van der Waals surface area contributed by atoms with E-state index in [-0.39, 0.29) is 62.4 Å². The van der Waals surface area contributed by atoms with Crippen molar-refractivity contribution in [3.63, 3.8) is 0 Å². The number of thiazole rings is 3. The second-order valence-corrected chi connectivity index (χ2v) is 33.5. The smallest absolute Gasteiger partial charge is 0.267 e. The molecule has 0 radical (unpaired) electrons. The number of nitrogens with one attached hydrogen (secondary N) is 3. The zero-order valence-corrected chi connectivity index (χ0v) is 62.0. The predicted octanol–water partition coefficient (Wildman–Crippen LogP) is 16.4. The van der Waals surface area contributed by atoms with Gasteiger partial charge in [0.15, 0.2) is 27.2 Å². The van der Waals surface area contributed by atoms with Crippen molar-refractivity contribution in [1.29, 1.82) is 0 Å². The first-order chi connectivity index (χ1) is 50.5. The van der Waals surface area contributed by atoms with E-state index in [9.17, 15) is 51.6 Å². The molecule has 21 nitrogen and oxygen atoms in total. The monoisotopic (exact) mass is 1580 g/mol. The zero-order chi connectivity index (χ0) is 77.2. The summed E-state index contributed by atoms with van der Waals surface area (Å²) < 4.78 is 219. The number of aromatic nitrogens is 9. The van der Waals surface area contributed by atoms with Gasteiger partial charge in [-0.15, -0.1) is 34.0 Å². The maximum Gasteiger partial charge on any atom is 0.267 e. The molecule has 6 aromatic heterocycles. The van der Waals surface area contributed by atoms with Gasteiger partial charge in [0.2, 0.25) is 11.9 Å². The molecular formula is C71H61F9N14O7S6. The number of halogens is 9. The molecule has 0 atom stereocenters. The first-order valence-corrected chi connectivity index (χ1v) is 38.8. The largest absolute Gasteiger partial charge is 0.381 e. The summed E-state index contributed by atoms with van der Waals surface area (Å²) in [5.74, 6) is -9.47. The maximum absolute atomic E-state index is 15.8. The number of sulfonamides is 3. The highest BCUT2D eigenvalue weighted by Crippen LogP contribution is 2.46. The first kappa shape index (κ1) is 77.7. The molecule has 0 aliphatic carbocycles. The molecule has 7 heterocycles. The number of hydrogen-bond acceptors (Lipinski definition) is 21. The van der Waals surface area contributed by atoms with E-state index in [0.717, 1.165) is 77.5 Å². The van der Waals surface area contributed by atoms with Crippen LogP contribution in [0.5, 0.6) is 0 Å². The van der Waals surface area contributed by atoms with E-state index in [2.05, 4.69) is 39.9 Å². The Morgan fingerprint density at radius 1 is 0.439 bits per heavy atom. The standard InChI is InChI=1S/C24H20F3N5O3S2.C24H21F3N4O2S2.C23H20F3N5O2S2/c25-15-4-2-5-16(26)22(15)37(33,34)32-17-6-1-3-14(19(17)27)20-21(18-7-10-29-24(28)30-18)36-23(31-20)13-8-11-35-12-9-13;1-13-28-11-10-18(29-13)22-21(30-23(34-22)24(2,3)4)15-6-5-7-17(20(15)27)31-35(32,33)19-12-14(25)8-9-16(19)26;1-23(2,3)21-30-18(19(34-21)16-10-11-28-22(27)29-16)12-6-4-9-15(17(12)26)31-35(32,33)20-13(24)7-5-8-14(20)25/h1-7,10,13,32H,8-9,11-12H2,(H2,28,29,30);5-12,31H,1-4H3;4-11,31H,1-3H3,(H2,27,28,29). The Balaban J connectivity index is 0.000000160. The molecule has 7 N–H and O–H groups in total. The van der Waals surface area contributed by atoms with E-state index in [4.69, 9.17) is 21.2 Å². The van der Waals surface area contributed by atoms with Crippen LogP contribution in [-0.4, -0.2) is 83.3 Å². The van der Waals surface area contributed by atoms with Crippen molar-refractivity contribution in [1.82, 2.24) is 44.9 Å². The number of anilines is 5. The Bertz CT molecular complexity index is 5700. The third-order valence-corrected chi connectivity index (χ3v) is 24.1. The SMILES string of the molecule is CC(C)(C)c1nc(-c2cccc(NS(=O)(=O)c3c(F)cccc3F)c2F)c(-c2ccnc(N)n2)s1.Cc1nccc(-c2sc(C(C)(C)C)nc2-c2cccc(NS(=O)(=O)c3cc(F)ccc3F)c2F)n1.Nc1nccc(-c2sc(C3CCOCC3)nc2-c2cccc(NS(=O)(=O)c3c(F)cccc3F)c2F)n1. The van der Waals surface area contributed by atoms with Crippen molar-refractivity contribution in [2.45, 2.75) is 92.7 Å². The Hall–Kier alpha value is -10.4. The van der Waals surface area contributed by atoms with Crippen molar-refractivity contribution in [2.24, 2.45) is 0 Å². The number of nitrogen functional groups attached to an aromatic ring is 2. The Morgan fingerprint density at radius 2 is 0.813 bits per heavy atom. The van der Waals surface area contributed by atoms with E-state index in [1.165, 1.54) is 88.9 Å². The summed E-state index contributed by atoms with van der Waals surface area (Å²) in [5, 5.41) is 2.16. The molecule has 556 valence electrons. The average molecular weight is 1590 g/mol. The second kappa shape index (κ2) is 31.2. The van der Waals surface area contributed by atoms with Gasteiger partial charge in [0.25, 0.3) is 30.1 Å². The average Bonchev–Trinajstić information content (AvgIpc) is 1.68. The summed E-state index contributed by atoms with van der Waals surface area (Å²) in [6.07, 6.45) is 6.01. The second-order valence-electron chi connectivity index (χ2n) is 25.6. The number of nitrogens with two attached hydrogens (primary N) is 2. The van der Waals surface area contributed by atoms with Crippen molar-refractivity contribution in [2.75, 3.05) is 38.8 Å². The number of rotatable bonds is 16. The lowest BCUT2D eigenvalue weighted by atomic mass is 9.98. The van der Waals surface area contributed by atoms with Crippen molar-refractivity contribution in [3.8, 4) is 65.5 Å². The normalized spacial score (nSPS) is 12.9. The molecule has 1 saturated heterocycles. The van der Waals surface area contributed by atoms with Crippen LogP contribution in [0, 0.1) is 59.3 Å². The van der Waals surface area contributed by atoms with E-state index in [1.807, 2.05) is 55.7 Å². The highest BCUT2D eigenvalue weighted by atomic mass is 32.2. The lowest BCUT2D eigenvalue weighted by Crippen LogP contribution is -2.17. The number of ether oxygens (including phenoxy) is 1. The Labute approximate surface area is 619 Å². The number of nitrogens with zero attached hydrogens (tertiary/aromatic N) is 9. The van der Waals surface area contributed by atoms with Crippen LogP contribution in [-0.2, 0) is 45.6 Å². The van der Waals surface area contributed by atoms with Crippen LogP contribution in [0.4, 0.5) is 68.5 Å². The van der Waals surface area contributed by atoms with Gasteiger partial charge in [-0.3, -0.25) is 14.2 Å². The topological polar surface area (TPSA) is 316 Å². The third-order valence-electron chi connectivity index (χ3n) is 15.6. The molecule has 36 heteroatoms. The molecule has 1 aliphatic heterocycles. The van der Waals surface area contributed by atoms with Gasteiger partial charge in [0, 0.05) is 65.2 Å². The Morgan fingerprint density at radius 3 is 1.21 bits per heavy atom. The highest BCUT2D eigenvalue weighted by molar-refractivity contribution is 7.93. The molecule has 107 heavy (non-hydrogen) atoms. The summed E-state index contributed by atoms with van der Waals surface area (Å²) in [4.78, 5) is 37.1. The minimum Gasteiger partial charge on any atom is -0.381 e. The fraction of sp³-hybridized carbons (Fsp3) is 0.197. The van der Waals surface area contributed by atoms with Crippen LogP contribution in [0.1, 0.15) is 81.1 Å². The summed E-state index contributed by atoms with van der Waals surface area (Å²) in [5.41, 5.74) is 11.5. The van der Waals surface area contributed by atoms with E-state index in [0.29, 0.717) is 67.9 Å². The molecule has 0 amide bonds. The van der Waals surface area contributed by atoms with Gasteiger partial charge in [-0.05, 0) is 117 Å². The molecule has 1 fully saturated rings. The van der Waals surface area contributed by atoms with Crippen LogP contribution in [0.25, 0.3) is 65.5 Å². The van der Waals surface area contributed by atoms with Gasteiger partial charge in [0.05, 0.1) is 80.9 Å². The van der Waals surface area contributed by atoms with Gasteiger partial charge in [-0.25, -0.2) is 110 Å². The van der Waals surface area contributed by atoms with Gasteiger partial charge in [0.1, 0.15) is 45.6 Å². The summed E-state index contributed by atoms with van der Waals surface area (Å²) >= 11 is 3.98.